The third-order valence-electron chi connectivity index (χ3n) is 5.17. The molecule has 0 saturated heterocycles. The van der Waals surface area contributed by atoms with Crippen molar-refractivity contribution in [3.8, 4) is 11.5 Å². The first-order valence-electron chi connectivity index (χ1n) is 13.7. The summed E-state index contributed by atoms with van der Waals surface area (Å²) in [6.07, 6.45) is 1.49. The van der Waals surface area contributed by atoms with Gasteiger partial charge in [0.1, 0.15) is 17.9 Å². The van der Waals surface area contributed by atoms with Gasteiger partial charge in [0.25, 0.3) is 0 Å². The van der Waals surface area contributed by atoms with Crippen LogP contribution in [0, 0.1) is 5.82 Å². The molecule has 228 valence electrons. The van der Waals surface area contributed by atoms with Crippen LogP contribution in [0.15, 0.2) is 42.7 Å². The molecule has 2 aromatic carbocycles. The minimum Gasteiger partial charge on any atom is -0.493 e. The molecule has 1 amide bonds. The molecule has 4 aromatic rings. The fraction of sp³-hybridized carbons (Fsp3) is 0.379. The smallest absolute Gasteiger partial charge is 0.231 e. The lowest BCUT2D eigenvalue weighted by atomic mass is 10.2. The predicted octanol–water partition coefficient (Wildman–Crippen LogP) is 6.04. The van der Waals surface area contributed by atoms with Crippen LogP contribution >= 0.6 is 0 Å². The van der Waals surface area contributed by atoms with Gasteiger partial charge in [-0.15, -0.1) is 0 Å². The number of H-pyrrole nitrogens is 1. The number of rotatable bonds is 13. The number of ether oxygens (including phenoxy) is 4. The summed E-state index contributed by atoms with van der Waals surface area (Å²) in [5.41, 5.74) is 2.28. The number of aromatic amines is 1. The topological polar surface area (TPSA) is 145 Å². The summed E-state index contributed by atoms with van der Waals surface area (Å²) in [4.78, 5) is 27.8. The fourth-order valence-electron chi connectivity index (χ4n) is 3.47. The van der Waals surface area contributed by atoms with Crippen molar-refractivity contribution in [1.29, 1.82) is 0 Å². The van der Waals surface area contributed by atoms with Gasteiger partial charge in [0, 0.05) is 25.8 Å². The largest absolute Gasteiger partial charge is 0.493 e. The lowest BCUT2D eigenvalue weighted by Crippen LogP contribution is -2.10. The maximum Gasteiger partial charge on any atom is 0.231 e. The molecule has 2 aromatic heterocycles. The van der Waals surface area contributed by atoms with Crippen LogP contribution in [0.4, 0.5) is 33.2 Å². The minimum atomic E-state index is -0.490. The molecule has 4 rings (SSSR count). The first-order valence-corrected chi connectivity index (χ1v) is 13.7. The van der Waals surface area contributed by atoms with E-state index in [1.165, 1.54) is 31.5 Å². The number of methoxy groups -OCH3 is 2. The van der Waals surface area contributed by atoms with E-state index in [4.69, 9.17) is 18.9 Å². The number of imidazole rings is 1. The molecule has 0 bridgehead atoms. The molecule has 0 radical (unpaired) electrons. The summed E-state index contributed by atoms with van der Waals surface area (Å²) in [5.74, 6) is 0.858. The number of amides is 1. The number of hydrogen-bond donors (Lipinski definition) is 4. The van der Waals surface area contributed by atoms with Crippen LogP contribution in [0.2, 0.25) is 0 Å². The maximum atomic E-state index is 13.8. The Morgan fingerprint density at radius 2 is 1.67 bits per heavy atom. The number of fused-ring (bicyclic) bond motifs is 1. The average molecular weight is 586 g/mol. The number of carbonyl (C=O) groups is 1. The second-order valence-electron chi connectivity index (χ2n) is 7.94. The van der Waals surface area contributed by atoms with Crippen LogP contribution in [0.25, 0.3) is 11.2 Å². The van der Waals surface area contributed by atoms with Gasteiger partial charge in [0.2, 0.25) is 11.9 Å². The monoisotopic (exact) mass is 585 g/mol. The Bertz CT molecular complexity index is 1400. The van der Waals surface area contributed by atoms with Gasteiger partial charge in [-0.25, -0.2) is 9.37 Å². The van der Waals surface area contributed by atoms with Gasteiger partial charge in [0.05, 0.1) is 44.6 Å². The van der Waals surface area contributed by atoms with E-state index in [1.807, 2.05) is 27.7 Å². The third-order valence-corrected chi connectivity index (χ3v) is 5.17. The van der Waals surface area contributed by atoms with Crippen molar-refractivity contribution >= 4 is 45.9 Å². The molecule has 0 unspecified atom stereocenters. The Hall–Kier alpha value is -4.49. The highest BCUT2D eigenvalue weighted by molar-refractivity contribution is 5.95. The summed E-state index contributed by atoms with van der Waals surface area (Å²) < 4.78 is 35.4. The van der Waals surface area contributed by atoms with Crippen LogP contribution in [-0.4, -0.2) is 66.5 Å². The zero-order valence-corrected chi connectivity index (χ0v) is 25.1. The van der Waals surface area contributed by atoms with Crippen molar-refractivity contribution in [3.63, 3.8) is 0 Å². The highest BCUT2D eigenvalue weighted by Crippen LogP contribution is 2.33. The molecule has 12 nitrogen and oxygen atoms in total. The summed E-state index contributed by atoms with van der Waals surface area (Å²) in [6, 6.07) is 9.31. The van der Waals surface area contributed by atoms with Crippen LogP contribution in [-0.2, 0) is 14.3 Å². The lowest BCUT2D eigenvalue weighted by Gasteiger charge is -2.15. The summed E-state index contributed by atoms with van der Waals surface area (Å²) >= 11 is 0. The number of halogens is 1. The van der Waals surface area contributed by atoms with Crippen LogP contribution in [0.5, 0.6) is 11.5 Å². The number of nitrogens with one attached hydrogen (secondary N) is 4. The highest BCUT2D eigenvalue weighted by Gasteiger charge is 2.14. The maximum absolute atomic E-state index is 13.8. The fourth-order valence-corrected chi connectivity index (χ4v) is 3.47. The molecule has 42 heavy (non-hydrogen) atoms. The Labute approximate surface area is 245 Å². The van der Waals surface area contributed by atoms with Crippen molar-refractivity contribution in [3.05, 3.63) is 48.5 Å². The number of anilines is 5. The SMILES string of the molecule is CC.CC.COCCOCCOc1ccc(Nc2nc(Nc3ccc(F)cc3NC(C)=O)c3[nH]cnc3n2)cc1OC. The zero-order chi connectivity index (χ0) is 30.9. The number of carbonyl (C=O) groups excluding carboxylic acids is 1. The van der Waals surface area contributed by atoms with Crippen LogP contribution < -0.4 is 25.4 Å². The molecule has 0 fully saturated rings. The Morgan fingerprint density at radius 1 is 0.905 bits per heavy atom. The number of aromatic nitrogens is 4. The Balaban J connectivity index is 0.00000148. The standard InChI is InChI=1S/C25H28FN7O5.2C2H6/c1-15(34)29-19-12-16(26)4-6-18(19)31-24-22-23(28-14-27-22)32-25(33-24)30-17-5-7-20(21(13-17)36-3)38-11-10-37-9-8-35-2;2*1-2/h4-7,12-14H,8-11H2,1-3H3,(H,29,34)(H3,27,28,30,31,32,33);2*1-2H3. The first-order chi connectivity index (χ1) is 20.5. The Morgan fingerprint density at radius 3 is 2.38 bits per heavy atom. The number of hydrogen-bond acceptors (Lipinski definition) is 10. The summed E-state index contributed by atoms with van der Waals surface area (Å²) in [7, 11) is 3.16. The average Bonchev–Trinajstić information content (AvgIpc) is 3.47. The van der Waals surface area contributed by atoms with E-state index in [2.05, 4.69) is 35.9 Å². The number of nitrogens with zero attached hydrogens (tertiary/aromatic N) is 3. The van der Waals surface area contributed by atoms with E-state index in [0.717, 1.165) is 0 Å². The van der Waals surface area contributed by atoms with Crippen LogP contribution in [0.3, 0.4) is 0 Å². The molecule has 0 aliphatic heterocycles. The van der Waals surface area contributed by atoms with Gasteiger partial charge in [-0.05, 0) is 30.3 Å². The predicted molar refractivity (Wildman–Crippen MR) is 163 cm³/mol. The van der Waals surface area contributed by atoms with Crippen molar-refractivity contribution in [1.82, 2.24) is 19.9 Å². The second kappa shape index (κ2) is 18.0. The van der Waals surface area contributed by atoms with Crippen molar-refractivity contribution in [2.24, 2.45) is 0 Å². The van der Waals surface area contributed by atoms with E-state index < -0.39 is 5.82 Å². The Kier molecular flexibility index (Phi) is 14.5. The van der Waals surface area contributed by atoms with E-state index in [0.29, 0.717) is 66.3 Å². The first kappa shape index (κ1) is 33.7. The molecule has 2 heterocycles. The van der Waals surface area contributed by atoms with Crippen molar-refractivity contribution in [2.75, 3.05) is 56.6 Å². The van der Waals surface area contributed by atoms with Gasteiger partial charge in [-0.3, -0.25) is 4.79 Å². The molecular weight excluding hydrogens is 545 g/mol. The second-order valence-corrected chi connectivity index (χ2v) is 7.94. The van der Waals surface area contributed by atoms with E-state index in [1.54, 1.807) is 32.4 Å². The van der Waals surface area contributed by atoms with Crippen LogP contribution in [0.1, 0.15) is 34.6 Å². The van der Waals surface area contributed by atoms with E-state index >= 15 is 0 Å². The zero-order valence-electron chi connectivity index (χ0n) is 25.1. The van der Waals surface area contributed by atoms with Gasteiger partial charge in [0.15, 0.2) is 23.0 Å². The summed E-state index contributed by atoms with van der Waals surface area (Å²) in [6.45, 7) is 11.1. The lowest BCUT2D eigenvalue weighted by molar-refractivity contribution is -0.114. The van der Waals surface area contributed by atoms with Gasteiger partial charge in [-0.2, -0.15) is 9.97 Å². The van der Waals surface area contributed by atoms with Gasteiger partial charge in [-0.1, -0.05) is 27.7 Å². The molecule has 0 aliphatic rings. The molecule has 0 atom stereocenters. The minimum absolute atomic E-state index is 0.248. The number of benzene rings is 2. The molecule has 0 saturated carbocycles. The summed E-state index contributed by atoms with van der Waals surface area (Å²) in [5, 5.41) is 8.88. The van der Waals surface area contributed by atoms with Crippen molar-refractivity contribution in [2.45, 2.75) is 34.6 Å². The van der Waals surface area contributed by atoms with Gasteiger partial charge >= 0.3 is 0 Å². The molecule has 0 spiro atoms. The van der Waals surface area contributed by atoms with Gasteiger partial charge < -0.3 is 39.9 Å². The molecule has 4 N–H and O–H groups in total. The van der Waals surface area contributed by atoms with Crippen molar-refractivity contribution < 1.29 is 28.1 Å². The highest BCUT2D eigenvalue weighted by atomic mass is 19.1. The molecular formula is C29H40FN7O5. The molecule has 13 heteroatoms. The molecule has 0 aliphatic carbocycles. The third kappa shape index (κ3) is 9.85. The van der Waals surface area contributed by atoms with E-state index in [-0.39, 0.29) is 17.5 Å². The van der Waals surface area contributed by atoms with E-state index in [9.17, 15) is 9.18 Å². The normalized spacial score (nSPS) is 10.1. The quantitative estimate of drug-likeness (QED) is 0.137.